The SMILES string of the molecule is Cc1nonc1CC(=O)N1CCC2(CC1)CN(CC=Cc1ccccc1)CCO2. The van der Waals surface area contributed by atoms with E-state index in [2.05, 4.69) is 51.6 Å². The number of aryl methyl sites for hydroxylation is 1. The van der Waals surface area contributed by atoms with Crippen LogP contribution in [0, 0.1) is 6.92 Å². The molecule has 7 nitrogen and oxygen atoms in total. The molecule has 0 atom stereocenters. The Balaban J connectivity index is 1.28. The van der Waals surface area contributed by atoms with Crippen LogP contribution in [0.1, 0.15) is 29.8 Å². The minimum Gasteiger partial charge on any atom is -0.372 e. The van der Waals surface area contributed by atoms with Gasteiger partial charge in [0.05, 0.1) is 18.6 Å². The number of morpholine rings is 1. The van der Waals surface area contributed by atoms with Gasteiger partial charge in [-0.25, -0.2) is 4.63 Å². The lowest BCUT2D eigenvalue weighted by atomic mass is 9.89. The smallest absolute Gasteiger partial charge is 0.228 e. The average Bonchev–Trinajstić information content (AvgIpc) is 3.14. The molecule has 0 aliphatic carbocycles. The number of carbonyl (C=O) groups is 1. The third-order valence-corrected chi connectivity index (χ3v) is 5.89. The van der Waals surface area contributed by atoms with Crippen molar-refractivity contribution in [3.8, 4) is 0 Å². The monoisotopic (exact) mass is 396 g/mol. The van der Waals surface area contributed by atoms with Crippen LogP contribution < -0.4 is 0 Å². The van der Waals surface area contributed by atoms with Crippen LogP contribution in [0.2, 0.25) is 0 Å². The lowest BCUT2D eigenvalue weighted by molar-refractivity contribution is -0.149. The maximum atomic E-state index is 12.6. The van der Waals surface area contributed by atoms with E-state index in [1.165, 1.54) is 5.56 Å². The highest BCUT2D eigenvalue weighted by Crippen LogP contribution is 2.30. The molecule has 2 aliphatic rings. The van der Waals surface area contributed by atoms with Crippen molar-refractivity contribution in [1.29, 1.82) is 0 Å². The van der Waals surface area contributed by atoms with Crippen molar-refractivity contribution in [3.05, 3.63) is 53.4 Å². The first-order valence-corrected chi connectivity index (χ1v) is 10.3. The Labute approximate surface area is 171 Å². The van der Waals surface area contributed by atoms with Crippen LogP contribution in [0.15, 0.2) is 41.0 Å². The lowest BCUT2D eigenvalue weighted by Crippen LogP contribution is -2.57. The van der Waals surface area contributed by atoms with E-state index in [1.54, 1.807) is 6.92 Å². The van der Waals surface area contributed by atoms with Crippen molar-refractivity contribution in [1.82, 2.24) is 20.1 Å². The fourth-order valence-corrected chi connectivity index (χ4v) is 4.11. The van der Waals surface area contributed by atoms with E-state index in [0.29, 0.717) is 11.4 Å². The first-order chi connectivity index (χ1) is 14.1. The first-order valence-electron chi connectivity index (χ1n) is 10.3. The summed E-state index contributed by atoms with van der Waals surface area (Å²) in [7, 11) is 0. The molecule has 1 amide bonds. The average molecular weight is 396 g/mol. The highest BCUT2D eigenvalue weighted by atomic mass is 16.6. The Hall–Kier alpha value is -2.51. The second-order valence-corrected chi connectivity index (χ2v) is 7.93. The van der Waals surface area contributed by atoms with E-state index in [-0.39, 0.29) is 17.9 Å². The number of aromatic nitrogens is 2. The van der Waals surface area contributed by atoms with Crippen molar-refractivity contribution >= 4 is 12.0 Å². The van der Waals surface area contributed by atoms with Crippen molar-refractivity contribution in [2.45, 2.75) is 31.8 Å². The van der Waals surface area contributed by atoms with E-state index >= 15 is 0 Å². The second kappa shape index (κ2) is 8.88. The van der Waals surface area contributed by atoms with Gasteiger partial charge in [-0.15, -0.1) is 0 Å². The Bertz CT molecular complexity index is 841. The molecule has 154 valence electrons. The van der Waals surface area contributed by atoms with Gasteiger partial charge in [0.15, 0.2) is 0 Å². The van der Waals surface area contributed by atoms with Gasteiger partial charge < -0.3 is 9.64 Å². The highest BCUT2D eigenvalue weighted by molar-refractivity contribution is 5.78. The molecule has 0 N–H and O–H groups in total. The minimum absolute atomic E-state index is 0.0807. The largest absolute Gasteiger partial charge is 0.372 e. The van der Waals surface area contributed by atoms with Crippen LogP contribution in [0.5, 0.6) is 0 Å². The predicted molar refractivity (Wildman–Crippen MR) is 109 cm³/mol. The molecule has 7 heteroatoms. The molecule has 1 aromatic carbocycles. The summed E-state index contributed by atoms with van der Waals surface area (Å²) in [6.45, 7) is 6.77. The molecular formula is C22H28N4O3. The molecule has 1 aromatic heterocycles. The molecule has 0 radical (unpaired) electrons. The van der Waals surface area contributed by atoms with Crippen LogP contribution in [0.4, 0.5) is 0 Å². The normalized spacial score (nSPS) is 19.8. The number of hydrogen-bond donors (Lipinski definition) is 0. The quantitative estimate of drug-likeness (QED) is 0.773. The molecule has 2 aliphatic heterocycles. The van der Waals surface area contributed by atoms with Crippen molar-refractivity contribution in [2.75, 3.05) is 39.3 Å². The van der Waals surface area contributed by atoms with Gasteiger partial charge in [0, 0.05) is 32.7 Å². The predicted octanol–water partition coefficient (Wildman–Crippen LogP) is 2.33. The number of benzene rings is 1. The summed E-state index contributed by atoms with van der Waals surface area (Å²) in [5, 5.41) is 7.57. The third-order valence-electron chi connectivity index (χ3n) is 5.89. The Morgan fingerprint density at radius 1 is 1.17 bits per heavy atom. The van der Waals surface area contributed by atoms with Gasteiger partial charge in [0.25, 0.3) is 0 Å². The summed E-state index contributed by atoms with van der Waals surface area (Å²) in [6.07, 6.45) is 6.38. The van der Waals surface area contributed by atoms with E-state index in [0.717, 1.165) is 52.2 Å². The molecule has 3 heterocycles. The molecule has 29 heavy (non-hydrogen) atoms. The van der Waals surface area contributed by atoms with E-state index in [9.17, 15) is 4.79 Å². The zero-order chi connectivity index (χ0) is 20.1. The summed E-state index contributed by atoms with van der Waals surface area (Å²) in [5.74, 6) is 0.0807. The lowest BCUT2D eigenvalue weighted by Gasteiger charge is -2.47. The fraction of sp³-hybridized carbons (Fsp3) is 0.500. The summed E-state index contributed by atoms with van der Waals surface area (Å²) >= 11 is 0. The molecule has 0 bridgehead atoms. The maximum Gasteiger partial charge on any atom is 0.228 e. The topological polar surface area (TPSA) is 71.7 Å². The Morgan fingerprint density at radius 3 is 2.69 bits per heavy atom. The number of likely N-dealkylation sites (tertiary alicyclic amines) is 1. The van der Waals surface area contributed by atoms with Gasteiger partial charge in [-0.1, -0.05) is 52.8 Å². The summed E-state index contributed by atoms with van der Waals surface area (Å²) in [6, 6.07) is 10.4. The van der Waals surface area contributed by atoms with E-state index in [1.807, 2.05) is 11.0 Å². The Morgan fingerprint density at radius 2 is 1.97 bits per heavy atom. The van der Waals surface area contributed by atoms with Crippen molar-refractivity contribution in [3.63, 3.8) is 0 Å². The van der Waals surface area contributed by atoms with Crippen LogP contribution in [0.3, 0.4) is 0 Å². The maximum absolute atomic E-state index is 12.6. The van der Waals surface area contributed by atoms with Gasteiger partial charge in [-0.2, -0.15) is 0 Å². The minimum atomic E-state index is -0.138. The van der Waals surface area contributed by atoms with Gasteiger partial charge >= 0.3 is 0 Å². The third kappa shape index (κ3) is 4.92. The summed E-state index contributed by atoms with van der Waals surface area (Å²) < 4.78 is 10.9. The number of carbonyl (C=O) groups excluding carboxylic acids is 1. The molecule has 1 spiro atoms. The van der Waals surface area contributed by atoms with Crippen molar-refractivity contribution in [2.24, 2.45) is 0 Å². The fourth-order valence-electron chi connectivity index (χ4n) is 4.11. The van der Waals surface area contributed by atoms with Crippen LogP contribution in [-0.2, 0) is 16.0 Å². The number of rotatable bonds is 5. The molecule has 0 unspecified atom stereocenters. The molecular weight excluding hydrogens is 368 g/mol. The first kappa shape index (κ1) is 19.8. The molecule has 2 aromatic rings. The van der Waals surface area contributed by atoms with Crippen molar-refractivity contribution < 1.29 is 14.2 Å². The molecule has 2 fully saturated rings. The molecule has 4 rings (SSSR count). The number of ether oxygens (including phenoxy) is 1. The van der Waals surface area contributed by atoms with Gasteiger partial charge in [0.2, 0.25) is 5.91 Å². The summed E-state index contributed by atoms with van der Waals surface area (Å²) in [4.78, 5) is 16.9. The standard InChI is InChI=1S/C22H28N4O3/c1-18-20(24-29-23-18)16-21(27)26-12-9-22(10-13-26)17-25(14-15-28-22)11-5-8-19-6-3-2-4-7-19/h2-8H,9-17H2,1H3. The summed E-state index contributed by atoms with van der Waals surface area (Å²) in [5.41, 5.74) is 2.39. The van der Waals surface area contributed by atoms with E-state index < -0.39 is 0 Å². The van der Waals surface area contributed by atoms with E-state index in [4.69, 9.17) is 9.37 Å². The van der Waals surface area contributed by atoms with Gasteiger partial charge in [0.1, 0.15) is 11.4 Å². The molecule has 0 saturated carbocycles. The second-order valence-electron chi connectivity index (χ2n) is 7.93. The van der Waals surface area contributed by atoms with Crippen LogP contribution in [0.25, 0.3) is 6.08 Å². The number of amides is 1. The number of piperidine rings is 1. The number of hydrogen-bond acceptors (Lipinski definition) is 6. The molecule has 2 saturated heterocycles. The Kier molecular flexibility index (Phi) is 6.06. The zero-order valence-electron chi connectivity index (χ0n) is 16.9. The van der Waals surface area contributed by atoms with Gasteiger partial charge in [-0.3, -0.25) is 9.69 Å². The zero-order valence-corrected chi connectivity index (χ0v) is 16.9. The van der Waals surface area contributed by atoms with Crippen LogP contribution >= 0.6 is 0 Å². The number of nitrogens with zero attached hydrogens (tertiary/aromatic N) is 4. The highest BCUT2D eigenvalue weighted by Gasteiger charge is 2.40. The van der Waals surface area contributed by atoms with Gasteiger partial charge in [-0.05, 0) is 25.3 Å². The van der Waals surface area contributed by atoms with Crippen LogP contribution in [-0.4, -0.2) is 71.0 Å².